The Balaban J connectivity index is 1.65. The van der Waals surface area contributed by atoms with Crippen LogP contribution in [0.1, 0.15) is 31.4 Å². The molecule has 0 bridgehead atoms. The molecule has 24 heavy (non-hydrogen) atoms. The lowest BCUT2D eigenvalue weighted by Crippen LogP contribution is -2.34. The number of amides is 1. The first-order chi connectivity index (χ1) is 11.8. The molecule has 1 aliphatic heterocycles. The molecule has 0 N–H and O–H groups in total. The molecular weight excluding hydrogens is 304 g/mol. The van der Waals surface area contributed by atoms with Crippen molar-refractivity contribution in [3.05, 3.63) is 54.4 Å². The van der Waals surface area contributed by atoms with E-state index >= 15 is 0 Å². The molecular formula is C19H22N2O3. The predicted octanol–water partition coefficient (Wildman–Crippen LogP) is 3.22. The van der Waals surface area contributed by atoms with Gasteiger partial charge in [0.25, 0.3) is 5.91 Å². The van der Waals surface area contributed by atoms with Crippen LogP contribution in [0.4, 0.5) is 0 Å². The van der Waals surface area contributed by atoms with Crippen molar-refractivity contribution >= 4 is 5.91 Å². The van der Waals surface area contributed by atoms with Crippen LogP contribution < -0.4 is 9.47 Å². The van der Waals surface area contributed by atoms with Gasteiger partial charge in [-0.2, -0.15) is 0 Å². The number of pyridine rings is 1. The minimum Gasteiger partial charge on any atom is -0.490 e. The molecule has 2 aromatic rings. The summed E-state index contributed by atoms with van der Waals surface area (Å²) in [5.74, 6) is 1.27. The molecule has 1 unspecified atom stereocenters. The zero-order valence-corrected chi connectivity index (χ0v) is 13.9. The molecule has 126 valence electrons. The summed E-state index contributed by atoms with van der Waals surface area (Å²) in [7, 11) is 0. The molecule has 5 nitrogen and oxygen atoms in total. The number of ether oxygens (including phenoxy) is 2. The van der Waals surface area contributed by atoms with Crippen molar-refractivity contribution < 1.29 is 14.3 Å². The van der Waals surface area contributed by atoms with Crippen molar-refractivity contribution in [2.24, 2.45) is 0 Å². The van der Waals surface area contributed by atoms with Crippen LogP contribution in [0.15, 0.2) is 48.8 Å². The van der Waals surface area contributed by atoms with Crippen LogP contribution in [0, 0.1) is 0 Å². The summed E-state index contributed by atoms with van der Waals surface area (Å²) >= 11 is 0. The standard InChI is InChI=1S/C19H22N2O3/c1-2-23-17-7-3-4-8-18(17)24-14-19(22)21-13-5-6-16(21)15-9-11-20-12-10-15/h3-4,7-12,16H,2,5-6,13-14H2,1H3. The fraction of sp³-hybridized carbons (Fsp3) is 0.368. The second-order valence-electron chi connectivity index (χ2n) is 5.69. The lowest BCUT2D eigenvalue weighted by atomic mass is 10.1. The monoisotopic (exact) mass is 326 g/mol. The fourth-order valence-corrected chi connectivity index (χ4v) is 3.06. The minimum absolute atomic E-state index is 0.000568. The number of para-hydroxylation sites is 2. The summed E-state index contributed by atoms with van der Waals surface area (Å²) in [6.07, 6.45) is 5.52. The lowest BCUT2D eigenvalue weighted by Gasteiger charge is -2.25. The molecule has 0 aliphatic carbocycles. The zero-order valence-electron chi connectivity index (χ0n) is 13.9. The molecule has 0 saturated carbocycles. The molecule has 3 rings (SSSR count). The Bertz CT molecular complexity index is 675. The molecule has 0 spiro atoms. The normalized spacial score (nSPS) is 16.9. The van der Waals surface area contributed by atoms with Crippen LogP contribution in [0.5, 0.6) is 11.5 Å². The number of benzene rings is 1. The highest BCUT2D eigenvalue weighted by atomic mass is 16.5. The molecule has 1 saturated heterocycles. The second kappa shape index (κ2) is 7.81. The van der Waals surface area contributed by atoms with Gasteiger partial charge in [0.15, 0.2) is 18.1 Å². The Kier molecular flexibility index (Phi) is 5.31. The van der Waals surface area contributed by atoms with E-state index in [0.717, 1.165) is 24.9 Å². The smallest absolute Gasteiger partial charge is 0.261 e. The fourth-order valence-electron chi connectivity index (χ4n) is 3.06. The van der Waals surface area contributed by atoms with Gasteiger partial charge in [-0.3, -0.25) is 9.78 Å². The van der Waals surface area contributed by atoms with Gasteiger partial charge in [-0.05, 0) is 49.6 Å². The Morgan fingerprint density at radius 2 is 1.88 bits per heavy atom. The van der Waals surface area contributed by atoms with Gasteiger partial charge in [-0.1, -0.05) is 12.1 Å². The van der Waals surface area contributed by atoms with Gasteiger partial charge in [0, 0.05) is 18.9 Å². The maximum absolute atomic E-state index is 12.6. The molecule has 0 radical (unpaired) electrons. The average Bonchev–Trinajstić information content (AvgIpc) is 3.11. The van der Waals surface area contributed by atoms with Crippen LogP contribution in [-0.4, -0.2) is 35.5 Å². The third kappa shape index (κ3) is 3.67. The van der Waals surface area contributed by atoms with Crippen molar-refractivity contribution in [2.75, 3.05) is 19.8 Å². The third-order valence-electron chi connectivity index (χ3n) is 4.16. The number of carbonyl (C=O) groups is 1. The number of carbonyl (C=O) groups excluding carboxylic acids is 1. The van der Waals surface area contributed by atoms with Gasteiger partial charge in [-0.15, -0.1) is 0 Å². The van der Waals surface area contributed by atoms with Crippen molar-refractivity contribution in [3.8, 4) is 11.5 Å². The van der Waals surface area contributed by atoms with E-state index in [0.29, 0.717) is 18.1 Å². The highest BCUT2D eigenvalue weighted by molar-refractivity contribution is 5.78. The van der Waals surface area contributed by atoms with Gasteiger partial charge >= 0.3 is 0 Å². The highest BCUT2D eigenvalue weighted by Gasteiger charge is 2.30. The third-order valence-corrected chi connectivity index (χ3v) is 4.16. The van der Waals surface area contributed by atoms with Gasteiger partial charge in [0.05, 0.1) is 12.6 Å². The molecule has 1 fully saturated rings. The van der Waals surface area contributed by atoms with Crippen molar-refractivity contribution in [1.29, 1.82) is 0 Å². The number of hydrogen-bond acceptors (Lipinski definition) is 4. The van der Waals surface area contributed by atoms with Crippen LogP contribution in [-0.2, 0) is 4.79 Å². The average molecular weight is 326 g/mol. The van der Waals surface area contributed by atoms with Gasteiger partial charge in [0.1, 0.15) is 0 Å². The van der Waals surface area contributed by atoms with E-state index < -0.39 is 0 Å². The first-order valence-corrected chi connectivity index (χ1v) is 8.33. The van der Waals surface area contributed by atoms with Crippen LogP contribution in [0.25, 0.3) is 0 Å². The SMILES string of the molecule is CCOc1ccccc1OCC(=O)N1CCCC1c1ccncc1. The number of nitrogens with zero attached hydrogens (tertiary/aromatic N) is 2. The van der Waals surface area contributed by atoms with Gasteiger partial charge in [0.2, 0.25) is 0 Å². The number of rotatable bonds is 6. The molecule has 2 heterocycles. The van der Waals surface area contributed by atoms with E-state index in [1.54, 1.807) is 12.4 Å². The lowest BCUT2D eigenvalue weighted by molar-refractivity contribution is -0.134. The summed E-state index contributed by atoms with van der Waals surface area (Å²) in [6.45, 7) is 3.27. The largest absolute Gasteiger partial charge is 0.490 e. The molecule has 5 heteroatoms. The van der Waals surface area contributed by atoms with E-state index in [1.807, 2.05) is 48.2 Å². The molecule has 1 amide bonds. The Labute approximate surface area is 142 Å². The minimum atomic E-state index is 0.000568. The Hall–Kier alpha value is -2.56. The van der Waals surface area contributed by atoms with E-state index in [2.05, 4.69) is 4.98 Å². The van der Waals surface area contributed by atoms with E-state index in [9.17, 15) is 4.79 Å². The molecule has 1 atom stereocenters. The molecule has 1 aliphatic rings. The summed E-state index contributed by atoms with van der Waals surface area (Å²) in [6, 6.07) is 11.5. The Morgan fingerprint density at radius 1 is 1.17 bits per heavy atom. The zero-order chi connectivity index (χ0) is 16.8. The maximum atomic E-state index is 12.6. The first kappa shape index (κ1) is 16.3. The summed E-state index contributed by atoms with van der Waals surface area (Å²) < 4.78 is 11.2. The van der Waals surface area contributed by atoms with Gasteiger partial charge < -0.3 is 14.4 Å². The van der Waals surface area contributed by atoms with Gasteiger partial charge in [-0.25, -0.2) is 0 Å². The van der Waals surface area contributed by atoms with Crippen LogP contribution in [0.3, 0.4) is 0 Å². The molecule has 1 aromatic heterocycles. The van der Waals surface area contributed by atoms with E-state index in [4.69, 9.17) is 9.47 Å². The molecule has 1 aromatic carbocycles. The van der Waals surface area contributed by atoms with Crippen molar-refractivity contribution in [3.63, 3.8) is 0 Å². The van der Waals surface area contributed by atoms with E-state index in [1.165, 1.54) is 0 Å². The topological polar surface area (TPSA) is 51.7 Å². The van der Waals surface area contributed by atoms with Crippen LogP contribution >= 0.6 is 0 Å². The summed E-state index contributed by atoms with van der Waals surface area (Å²) in [5, 5.41) is 0. The van der Waals surface area contributed by atoms with E-state index in [-0.39, 0.29) is 18.6 Å². The second-order valence-corrected chi connectivity index (χ2v) is 5.69. The highest BCUT2D eigenvalue weighted by Crippen LogP contribution is 2.32. The summed E-state index contributed by atoms with van der Waals surface area (Å²) in [5.41, 5.74) is 1.13. The maximum Gasteiger partial charge on any atom is 0.261 e. The predicted molar refractivity (Wildman–Crippen MR) is 91.0 cm³/mol. The van der Waals surface area contributed by atoms with Crippen molar-refractivity contribution in [2.45, 2.75) is 25.8 Å². The first-order valence-electron chi connectivity index (χ1n) is 8.33. The van der Waals surface area contributed by atoms with Crippen LogP contribution in [0.2, 0.25) is 0 Å². The van der Waals surface area contributed by atoms with Crippen molar-refractivity contribution in [1.82, 2.24) is 9.88 Å². The number of hydrogen-bond donors (Lipinski definition) is 0. The quantitative estimate of drug-likeness (QED) is 0.818. The number of aromatic nitrogens is 1. The Morgan fingerprint density at radius 3 is 2.58 bits per heavy atom. The summed E-state index contributed by atoms with van der Waals surface area (Å²) in [4.78, 5) is 18.6. The number of likely N-dealkylation sites (tertiary alicyclic amines) is 1.